The van der Waals surface area contributed by atoms with Gasteiger partial charge in [-0.1, -0.05) is 13.8 Å². The second-order valence-corrected chi connectivity index (χ2v) is 8.21. The number of H-pyrrole nitrogens is 1. The number of aromatic nitrogens is 4. The van der Waals surface area contributed by atoms with E-state index >= 15 is 0 Å². The first-order valence-corrected chi connectivity index (χ1v) is 10.7. The Kier molecular flexibility index (Phi) is 5.80. The first-order chi connectivity index (χ1) is 14.0. The van der Waals surface area contributed by atoms with Gasteiger partial charge in [0.05, 0.1) is 11.4 Å². The lowest BCUT2D eigenvalue weighted by atomic mass is 10.00. The molecular weight excluding hydrogens is 366 g/mol. The molecule has 2 aliphatic heterocycles. The third kappa shape index (κ3) is 4.42. The number of nitrogens with zero attached hydrogens (tertiary/aromatic N) is 6. The van der Waals surface area contributed by atoms with Crippen molar-refractivity contribution < 1.29 is 0 Å². The summed E-state index contributed by atoms with van der Waals surface area (Å²) in [6.45, 7) is 13.3. The summed E-state index contributed by atoms with van der Waals surface area (Å²) in [4.78, 5) is 36.1. The summed E-state index contributed by atoms with van der Waals surface area (Å²) < 4.78 is 0. The fourth-order valence-corrected chi connectivity index (χ4v) is 4.08. The molecule has 0 atom stereocenters. The zero-order valence-electron chi connectivity index (χ0n) is 17.7. The van der Waals surface area contributed by atoms with Crippen molar-refractivity contribution in [3.05, 3.63) is 28.3 Å². The lowest BCUT2D eigenvalue weighted by molar-refractivity contribution is 0.270. The first-order valence-electron chi connectivity index (χ1n) is 10.7. The number of piperazine rings is 1. The Morgan fingerprint density at radius 1 is 1.07 bits per heavy atom. The minimum atomic E-state index is -0.136. The molecule has 0 aromatic carbocycles. The molecule has 2 aromatic rings. The van der Waals surface area contributed by atoms with Crippen molar-refractivity contribution in [3.8, 4) is 11.3 Å². The third-order valence-corrected chi connectivity index (χ3v) is 6.16. The molecule has 1 N–H and O–H groups in total. The lowest BCUT2D eigenvalue weighted by Gasteiger charge is -2.34. The van der Waals surface area contributed by atoms with E-state index in [1.807, 2.05) is 13.1 Å². The zero-order valence-corrected chi connectivity index (χ0v) is 17.7. The third-order valence-electron chi connectivity index (χ3n) is 6.16. The standard InChI is InChI=1S/C21H31N7O/c1-4-26-9-11-28(12-10-26)20-22-14-17(16(3)23-20)18-13-19(29)25-21(24-18)27-7-5-15(2)6-8-27/h13-15H,4-12H2,1-3H3,(H,24,25,29). The lowest BCUT2D eigenvalue weighted by Crippen LogP contribution is -2.46. The van der Waals surface area contributed by atoms with Crippen molar-refractivity contribution in [2.24, 2.45) is 5.92 Å². The van der Waals surface area contributed by atoms with E-state index in [1.54, 1.807) is 6.07 Å². The summed E-state index contributed by atoms with van der Waals surface area (Å²) in [6, 6.07) is 1.54. The van der Waals surface area contributed by atoms with Crippen molar-refractivity contribution in [3.63, 3.8) is 0 Å². The molecule has 0 saturated carbocycles. The predicted octanol–water partition coefficient (Wildman–Crippen LogP) is 1.91. The van der Waals surface area contributed by atoms with Crippen molar-refractivity contribution in [2.45, 2.75) is 33.6 Å². The minimum Gasteiger partial charge on any atom is -0.342 e. The topological polar surface area (TPSA) is 81.2 Å². The summed E-state index contributed by atoms with van der Waals surface area (Å²) in [5.74, 6) is 2.14. The van der Waals surface area contributed by atoms with Crippen LogP contribution in [0.1, 0.15) is 32.4 Å². The molecule has 0 unspecified atom stereocenters. The quantitative estimate of drug-likeness (QED) is 0.844. The van der Waals surface area contributed by atoms with Gasteiger partial charge in [-0.15, -0.1) is 0 Å². The van der Waals surface area contributed by atoms with Gasteiger partial charge in [0, 0.05) is 57.1 Å². The Morgan fingerprint density at radius 2 is 1.79 bits per heavy atom. The Balaban J connectivity index is 1.56. The SMILES string of the molecule is CCN1CCN(c2ncc(-c3cc(=O)[nH]c(N4CCC(C)CC4)n3)c(C)n2)CC1. The molecule has 2 aliphatic rings. The number of nitrogens with one attached hydrogen (secondary N) is 1. The molecule has 8 heteroatoms. The van der Waals surface area contributed by atoms with E-state index in [4.69, 9.17) is 9.97 Å². The molecule has 0 spiro atoms. The maximum atomic E-state index is 12.3. The van der Waals surface area contributed by atoms with Gasteiger partial charge in [0.15, 0.2) is 0 Å². The van der Waals surface area contributed by atoms with E-state index in [0.717, 1.165) is 81.8 Å². The molecule has 0 amide bonds. The highest BCUT2D eigenvalue weighted by Gasteiger charge is 2.21. The van der Waals surface area contributed by atoms with E-state index in [0.29, 0.717) is 11.6 Å². The van der Waals surface area contributed by atoms with Crippen molar-refractivity contribution in [2.75, 3.05) is 55.6 Å². The van der Waals surface area contributed by atoms with Crippen LogP contribution >= 0.6 is 0 Å². The number of hydrogen-bond acceptors (Lipinski definition) is 7. The molecule has 2 fully saturated rings. The molecule has 0 radical (unpaired) electrons. The van der Waals surface area contributed by atoms with Gasteiger partial charge >= 0.3 is 0 Å². The van der Waals surface area contributed by atoms with Gasteiger partial charge in [0.1, 0.15) is 0 Å². The maximum absolute atomic E-state index is 12.3. The maximum Gasteiger partial charge on any atom is 0.252 e. The number of hydrogen-bond donors (Lipinski definition) is 1. The monoisotopic (exact) mass is 397 g/mol. The van der Waals surface area contributed by atoms with Gasteiger partial charge in [0.25, 0.3) is 5.56 Å². The van der Waals surface area contributed by atoms with Crippen LogP contribution in [0.15, 0.2) is 17.1 Å². The summed E-state index contributed by atoms with van der Waals surface area (Å²) in [5, 5.41) is 0. The molecule has 8 nitrogen and oxygen atoms in total. The number of rotatable bonds is 4. The summed E-state index contributed by atoms with van der Waals surface area (Å²) in [6.07, 6.45) is 4.06. The number of aryl methyl sites for hydroxylation is 1. The van der Waals surface area contributed by atoms with E-state index in [-0.39, 0.29) is 5.56 Å². The summed E-state index contributed by atoms with van der Waals surface area (Å²) >= 11 is 0. The Hall–Kier alpha value is -2.48. The van der Waals surface area contributed by atoms with E-state index in [1.165, 1.54) is 0 Å². The fraction of sp³-hybridized carbons (Fsp3) is 0.619. The predicted molar refractivity (Wildman–Crippen MR) is 116 cm³/mol. The Morgan fingerprint density at radius 3 is 2.45 bits per heavy atom. The average molecular weight is 398 g/mol. The van der Waals surface area contributed by atoms with Crippen LogP contribution in [0, 0.1) is 12.8 Å². The molecule has 156 valence electrons. The van der Waals surface area contributed by atoms with E-state index in [9.17, 15) is 4.79 Å². The molecule has 29 heavy (non-hydrogen) atoms. The highest BCUT2D eigenvalue weighted by molar-refractivity contribution is 5.62. The van der Waals surface area contributed by atoms with Crippen LogP contribution in [0.4, 0.5) is 11.9 Å². The normalized spacial score (nSPS) is 19.0. The van der Waals surface area contributed by atoms with Gasteiger partial charge in [0.2, 0.25) is 11.9 Å². The van der Waals surface area contributed by atoms with Crippen LogP contribution in [0.25, 0.3) is 11.3 Å². The first kappa shape index (κ1) is 19.8. The number of aromatic amines is 1. The van der Waals surface area contributed by atoms with Crippen molar-refractivity contribution in [1.82, 2.24) is 24.8 Å². The van der Waals surface area contributed by atoms with Crippen LogP contribution < -0.4 is 15.4 Å². The molecule has 2 aromatic heterocycles. The van der Waals surface area contributed by atoms with Gasteiger partial charge < -0.3 is 14.7 Å². The van der Waals surface area contributed by atoms with Crippen LogP contribution in [-0.4, -0.2) is 70.6 Å². The van der Waals surface area contributed by atoms with Crippen LogP contribution in [0.5, 0.6) is 0 Å². The average Bonchev–Trinajstić information content (AvgIpc) is 2.74. The second kappa shape index (κ2) is 8.49. The van der Waals surface area contributed by atoms with E-state index in [2.05, 4.69) is 38.5 Å². The van der Waals surface area contributed by atoms with Gasteiger partial charge in [-0.25, -0.2) is 15.0 Å². The van der Waals surface area contributed by atoms with Crippen LogP contribution in [0.3, 0.4) is 0 Å². The molecule has 0 bridgehead atoms. The van der Waals surface area contributed by atoms with Crippen LogP contribution in [0.2, 0.25) is 0 Å². The molecule has 4 heterocycles. The summed E-state index contributed by atoms with van der Waals surface area (Å²) in [7, 11) is 0. The van der Waals surface area contributed by atoms with Gasteiger partial charge in [-0.3, -0.25) is 9.78 Å². The minimum absolute atomic E-state index is 0.136. The van der Waals surface area contributed by atoms with E-state index < -0.39 is 0 Å². The second-order valence-electron chi connectivity index (χ2n) is 8.21. The zero-order chi connectivity index (χ0) is 20.4. The molecular formula is C21H31N7O. The summed E-state index contributed by atoms with van der Waals surface area (Å²) in [5.41, 5.74) is 2.17. The number of likely N-dealkylation sites (N-methyl/N-ethyl adjacent to an activating group) is 1. The van der Waals surface area contributed by atoms with Gasteiger partial charge in [-0.05, 0) is 32.2 Å². The Bertz CT molecular complexity index is 896. The molecule has 0 aliphatic carbocycles. The number of anilines is 2. The fourth-order valence-electron chi connectivity index (χ4n) is 4.08. The number of piperidine rings is 1. The Labute approximate surface area is 172 Å². The van der Waals surface area contributed by atoms with Gasteiger partial charge in [-0.2, -0.15) is 0 Å². The molecule has 4 rings (SSSR count). The smallest absolute Gasteiger partial charge is 0.252 e. The van der Waals surface area contributed by atoms with Crippen molar-refractivity contribution >= 4 is 11.9 Å². The highest BCUT2D eigenvalue weighted by Crippen LogP contribution is 2.24. The van der Waals surface area contributed by atoms with Crippen molar-refractivity contribution in [1.29, 1.82) is 0 Å². The molecule has 2 saturated heterocycles. The van der Waals surface area contributed by atoms with Crippen LogP contribution in [-0.2, 0) is 0 Å². The highest BCUT2D eigenvalue weighted by atomic mass is 16.1. The largest absolute Gasteiger partial charge is 0.342 e.